The topological polar surface area (TPSA) is 21.3 Å². The molecule has 0 aliphatic heterocycles. The first-order valence-corrected chi connectivity index (χ1v) is 6.90. The molecule has 1 aromatic rings. The number of hydrogen-bond acceptors (Lipinski definition) is 2. The van der Waals surface area contributed by atoms with Gasteiger partial charge >= 0.3 is 0 Å². The average Bonchev–Trinajstić information content (AvgIpc) is 2.53. The monoisotopic (exact) mass is 297 g/mol. The molecule has 0 radical (unpaired) electrons. The van der Waals surface area contributed by atoms with Gasteiger partial charge < -0.3 is 10.1 Å². The Labute approximate surface area is 112 Å². The van der Waals surface area contributed by atoms with Crippen molar-refractivity contribution >= 4 is 15.9 Å². The lowest BCUT2D eigenvalue weighted by molar-refractivity contribution is 0.387. The SMILES string of the molecule is CCNC1CC(C)(C)c2c(OC)ccc(Br)c21. The van der Waals surface area contributed by atoms with Gasteiger partial charge in [0.25, 0.3) is 0 Å². The van der Waals surface area contributed by atoms with Gasteiger partial charge in [-0.1, -0.05) is 36.7 Å². The Morgan fingerprint density at radius 3 is 2.76 bits per heavy atom. The molecule has 2 rings (SSSR count). The van der Waals surface area contributed by atoms with Gasteiger partial charge in [0.1, 0.15) is 5.75 Å². The van der Waals surface area contributed by atoms with Crippen LogP contribution in [-0.4, -0.2) is 13.7 Å². The second-order valence-corrected chi connectivity index (χ2v) is 6.09. The molecule has 3 heteroatoms. The highest BCUT2D eigenvalue weighted by atomic mass is 79.9. The Hall–Kier alpha value is -0.540. The first kappa shape index (κ1) is 12.9. The zero-order valence-corrected chi connectivity index (χ0v) is 12.5. The number of nitrogens with one attached hydrogen (secondary N) is 1. The Bertz CT molecular complexity index is 428. The Morgan fingerprint density at radius 1 is 1.47 bits per heavy atom. The third-order valence-electron chi connectivity index (χ3n) is 3.56. The minimum atomic E-state index is 0.164. The van der Waals surface area contributed by atoms with Crippen LogP contribution in [0.1, 0.15) is 44.4 Å². The summed E-state index contributed by atoms with van der Waals surface area (Å²) in [6.07, 6.45) is 1.12. The molecule has 17 heavy (non-hydrogen) atoms. The van der Waals surface area contributed by atoms with Crippen molar-refractivity contribution < 1.29 is 4.74 Å². The molecule has 0 saturated heterocycles. The quantitative estimate of drug-likeness (QED) is 0.916. The minimum Gasteiger partial charge on any atom is -0.496 e. The van der Waals surface area contributed by atoms with Crippen molar-refractivity contribution in [2.24, 2.45) is 0 Å². The van der Waals surface area contributed by atoms with E-state index in [9.17, 15) is 0 Å². The summed E-state index contributed by atoms with van der Waals surface area (Å²) in [5, 5.41) is 3.56. The van der Waals surface area contributed by atoms with Crippen LogP contribution >= 0.6 is 15.9 Å². The molecular formula is C14H20BrNO. The van der Waals surface area contributed by atoms with E-state index >= 15 is 0 Å². The van der Waals surface area contributed by atoms with Crippen LogP contribution < -0.4 is 10.1 Å². The molecule has 0 spiro atoms. The van der Waals surface area contributed by atoms with Crippen molar-refractivity contribution in [2.45, 2.75) is 38.6 Å². The van der Waals surface area contributed by atoms with E-state index in [1.165, 1.54) is 15.6 Å². The zero-order valence-electron chi connectivity index (χ0n) is 10.9. The third-order valence-corrected chi connectivity index (χ3v) is 4.26. The molecule has 1 unspecified atom stereocenters. The molecule has 0 bridgehead atoms. The van der Waals surface area contributed by atoms with Crippen LogP contribution in [0.25, 0.3) is 0 Å². The highest BCUT2D eigenvalue weighted by Crippen LogP contribution is 2.51. The molecule has 0 amide bonds. The van der Waals surface area contributed by atoms with Gasteiger partial charge in [0.2, 0.25) is 0 Å². The van der Waals surface area contributed by atoms with Crippen LogP contribution in [0.15, 0.2) is 16.6 Å². The fourth-order valence-corrected chi connectivity index (χ4v) is 3.52. The van der Waals surface area contributed by atoms with Gasteiger partial charge in [-0.25, -0.2) is 0 Å². The van der Waals surface area contributed by atoms with Crippen LogP contribution in [0.5, 0.6) is 5.75 Å². The van der Waals surface area contributed by atoms with Crippen LogP contribution in [0.4, 0.5) is 0 Å². The van der Waals surface area contributed by atoms with E-state index in [0.717, 1.165) is 18.7 Å². The van der Waals surface area contributed by atoms with Gasteiger partial charge in [0, 0.05) is 16.1 Å². The van der Waals surface area contributed by atoms with Crippen molar-refractivity contribution in [1.29, 1.82) is 0 Å². The summed E-state index contributed by atoms with van der Waals surface area (Å²) in [5.74, 6) is 1.01. The molecule has 1 aromatic carbocycles. The first-order valence-electron chi connectivity index (χ1n) is 6.11. The number of hydrogen-bond donors (Lipinski definition) is 1. The fourth-order valence-electron chi connectivity index (χ4n) is 2.92. The second kappa shape index (κ2) is 4.62. The van der Waals surface area contributed by atoms with Crippen molar-refractivity contribution in [3.8, 4) is 5.75 Å². The molecule has 0 fully saturated rings. The average molecular weight is 298 g/mol. The van der Waals surface area contributed by atoms with E-state index in [4.69, 9.17) is 4.74 Å². The molecule has 0 aromatic heterocycles. The molecule has 1 aliphatic carbocycles. The summed E-state index contributed by atoms with van der Waals surface area (Å²) in [6, 6.07) is 4.57. The van der Waals surface area contributed by atoms with Crippen molar-refractivity contribution in [3.63, 3.8) is 0 Å². The van der Waals surface area contributed by atoms with Gasteiger partial charge in [-0.3, -0.25) is 0 Å². The largest absolute Gasteiger partial charge is 0.496 e. The molecule has 1 atom stereocenters. The lowest BCUT2D eigenvalue weighted by atomic mass is 9.86. The van der Waals surface area contributed by atoms with E-state index in [1.807, 2.05) is 0 Å². The van der Waals surface area contributed by atoms with Gasteiger partial charge in [0.15, 0.2) is 0 Å². The zero-order chi connectivity index (χ0) is 12.6. The molecule has 0 saturated carbocycles. The van der Waals surface area contributed by atoms with Crippen LogP contribution in [0.3, 0.4) is 0 Å². The maximum Gasteiger partial charge on any atom is 0.123 e. The number of rotatable bonds is 3. The third kappa shape index (κ3) is 2.11. The first-order chi connectivity index (χ1) is 8.01. The number of halogens is 1. The van der Waals surface area contributed by atoms with E-state index in [-0.39, 0.29) is 5.41 Å². The maximum absolute atomic E-state index is 5.53. The number of benzene rings is 1. The maximum atomic E-state index is 5.53. The molecule has 94 valence electrons. The van der Waals surface area contributed by atoms with Gasteiger partial charge in [-0.2, -0.15) is 0 Å². The van der Waals surface area contributed by atoms with Crippen LogP contribution in [0, 0.1) is 0 Å². The minimum absolute atomic E-state index is 0.164. The van der Waals surface area contributed by atoms with Gasteiger partial charge in [-0.15, -0.1) is 0 Å². The number of methoxy groups -OCH3 is 1. The summed E-state index contributed by atoms with van der Waals surface area (Å²) < 4.78 is 6.71. The van der Waals surface area contributed by atoms with E-state index < -0.39 is 0 Å². The lowest BCUT2D eigenvalue weighted by Gasteiger charge is -2.21. The fraction of sp³-hybridized carbons (Fsp3) is 0.571. The Morgan fingerprint density at radius 2 is 2.18 bits per heavy atom. The van der Waals surface area contributed by atoms with Gasteiger partial charge in [0.05, 0.1) is 7.11 Å². The molecule has 1 aliphatic rings. The van der Waals surface area contributed by atoms with Crippen LogP contribution in [-0.2, 0) is 5.41 Å². The Kier molecular flexibility index (Phi) is 3.50. The predicted octanol–water partition coefficient (Wildman–Crippen LogP) is 3.79. The summed E-state index contributed by atoms with van der Waals surface area (Å²) in [4.78, 5) is 0. The van der Waals surface area contributed by atoms with E-state index in [2.05, 4.69) is 54.2 Å². The van der Waals surface area contributed by atoms with Crippen molar-refractivity contribution in [2.75, 3.05) is 13.7 Å². The highest BCUT2D eigenvalue weighted by Gasteiger charge is 2.40. The van der Waals surface area contributed by atoms with Gasteiger partial charge in [-0.05, 0) is 36.1 Å². The van der Waals surface area contributed by atoms with Crippen LogP contribution in [0.2, 0.25) is 0 Å². The standard InChI is InChI=1S/C14H20BrNO/c1-5-16-10-8-14(2,3)13-11(17-4)7-6-9(15)12(10)13/h6-7,10,16H,5,8H2,1-4H3. The normalized spacial score (nSPS) is 21.4. The molecular weight excluding hydrogens is 278 g/mol. The van der Waals surface area contributed by atoms with E-state index in [0.29, 0.717) is 6.04 Å². The lowest BCUT2D eigenvalue weighted by Crippen LogP contribution is -2.21. The second-order valence-electron chi connectivity index (χ2n) is 5.24. The molecule has 1 N–H and O–H groups in total. The number of fused-ring (bicyclic) bond motifs is 1. The summed E-state index contributed by atoms with van der Waals surface area (Å²) in [7, 11) is 1.75. The van der Waals surface area contributed by atoms with E-state index in [1.54, 1.807) is 7.11 Å². The molecule has 0 heterocycles. The summed E-state index contributed by atoms with van der Waals surface area (Å²) >= 11 is 3.68. The Balaban J connectivity index is 2.59. The summed E-state index contributed by atoms with van der Waals surface area (Å²) in [6.45, 7) is 7.72. The van der Waals surface area contributed by atoms with Crippen molar-refractivity contribution in [3.05, 3.63) is 27.7 Å². The number of ether oxygens (including phenoxy) is 1. The molecule has 2 nitrogen and oxygen atoms in total. The van der Waals surface area contributed by atoms with Crippen molar-refractivity contribution in [1.82, 2.24) is 5.32 Å². The highest BCUT2D eigenvalue weighted by molar-refractivity contribution is 9.10. The summed E-state index contributed by atoms with van der Waals surface area (Å²) in [5.41, 5.74) is 2.88. The predicted molar refractivity (Wildman–Crippen MR) is 74.8 cm³/mol. The smallest absolute Gasteiger partial charge is 0.123 e.